The summed E-state index contributed by atoms with van der Waals surface area (Å²) in [5.41, 5.74) is 4.82. The van der Waals surface area contributed by atoms with Crippen molar-refractivity contribution in [2.75, 3.05) is 43.1 Å². The molecule has 1 fully saturated rings. The van der Waals surface area contributed by atoms with E-state index in [4.69, 9.17) is 9.47 Å². The topological polar surface area (TPSA) is 58.7 Å². The van der Waals surface area contributed by atoms with Gasteiger partial charge in [0.25, 0.3) is 0 Å². The lowest BCUT2D eigenvalue weighted by Gasteiger charge is -2.33. The molecule has 0 spiro atoms. The number of benzene rings is 1. The average molecular weight is 420 g/mol. The molecule has 9 heteroatoms. The number of pyridine rings is 1. The van der Waals surface area contributed by atoms with Crippen LogP contribution < -0.4 is 20.3 Å². The van der Waals surface area contributed by atoms with E-state index >= 15 is 0 Å². The van der Waals surface area contributed by atoms with E-state index in [0.29, 0.717) is 30.9 Å². The number of fused-ring (bicyclic) bond motifs is 3. The van der Waals surface area contributed by atoms with Gasteiger partial charge in [-0.05, 0) is 42.8 Å². The van der Waals surface area contributed by atoms with Gasteiger partial charge in [0, 0.05) is 48.2 Å². The van der Waals surface area contributed by atoms with Gasteiger partial charge in [-0.1, -0.05) is 0 Å². The van der Waals surface area contributed by atoms with Gasteiger partial charge in [-0.3, -0.25) is 0 Å². The van der Waals surface area contributed by atoms with Crippen LogP contribution in [0.4, 0.5) is 30.2 Å². The second kappa shape index (κ2) is 7.63. The van der Waals surface area contributed by atoms with Crippen molar-refractivity contribution >= 4 is 17.1 Å². The minimum absolute atomic E-state index is 0.0729. The van der Waals surface area contributed by atoms with Gasteiger partial charge in [-0.2, -0.15) is 13.2 Å². The fraction of sp³-hybridized carbons (Fsp3) is 0.476. The van der Waals surface area contributed by atoms with Gasteiger partial charge in [-0.15, -0.1) is 0 Å². The molecule has 1 saturated heterocycles. The van der Waals surface area contributed by atoms with E-state index in [1.807, 2.05) is 6.07 Å². The molecule has 4 heterocycles. The molecule has 0 bridgehead atoms. The van der Waals surface area contributed by atoms with Crippen LogP contribution in [0.1, 0.15) is 23.5 Å². The fourth-order valence-electron chi connectivity index (χ4n) is 4.76. The number of piperidine rings is 1. The summed E-state index contributed by atoms with van der Waals surface area (Å²) in [5, 5.41) is 6.71. The maximum absolute atomic E-state index is 12.6. The first-order chi connectivity index (χ1) is 14.5. The van der Waals surface area contributed by atoms with Crippen LogP contribution in [0.15, 0.2) is 30.5 Å². The van der Waals surface area contributed by atoms with Crippen molar-refractivity contribution in [2.45, 2.75) is 31.2 Å². The molecule has 1 aromatic carbocycles. The molecule has 0 saturated carbocycles. The first-order valence-electron chi connectivity index (χ1n) is 10.1. The van der Waals surface area contributed by atoms with E-state index in [-0.39, 0.29) is 5.88 Å². The molecule has 2 aromatic rings. The molecule has 6 nitrogen and oxygen atoms in total. The smallest absolute Gasteiger partial charge is 0.422 e. The molecular weight excluding hydrogens is 397 g/mol. The number of hydrogen-bond donors (Lipinski definition) is 2. The molecule has 2 atom stereocenters. The van der Waals surface area contributed by atoms with Gasteiger partial charge in [0.1, 0.15) is 5.69 Å². The van der Waals surface area contributed by atoms with Crippen LogP contribution >= 0.6 is 0 Å². The van der Waals surface area contributed by atoms with Gasteiger partial charge in [-0.25, -0.2) is 4.98 Å². The predicted octanol–water partition coefficient (Wildman–Crippen LogP) is 3.56. The third-order valence-corrected chi connectivity index (χ3v) is 5.91. The van der Waals surface area contributed by atoms with Crippen LogP contribution in [0.5, 0.6) is 5.88 Å². The van der Waals surface area contributed by atoms with Crippen molar-refractivity contribution in [3.05, 3.63) is 41.6 Å². The highest BCUT2D eigenvalue weighted by Crippen LogP contribution is 2.47. The zero-order valence-corrected chi connectivity index (χ0v) is 16.3. The summed E-state index contributed by atoms with van der Waals surface area (Å²) in [6.45, 7) is 2.63. The summed E-state index contributed by atoms with van der Waals surface area (Å²) in [7, 11) is 0. The molecule has 0 radical (unpaired) electrons. The van der Waals surface area contributed by atoms with Gasteiger partial charge in [0.05, 0.1) is 13.2 Å². The van der Waals surface area contributed by atoms with E-state index in [2.05, 4.69) is 26.6 Å². The lowest BCUT2D eigenvalue weighted by Crippen LogP contribution is -2.44. The molecular formula is C21H23F3N4O2. The minimum atomic E-state index is -4.42. The Morgan fingerprint density at radius 1 is 1.33 bits per heavy atom. The number of nitrogens with zero attached hydrogens (tertiary/aromatic N) is 2. The zero-order valence-electron chi connectivity index (χ0n) is 16.3. The molecule has 3 aliphatic rings. The van der Waals surface area contributed by atoms with Crippen LogP contribution in [0.3, 0.4) is 0 Å². The van der Waals surface area contributed by atoms with Gasteiger partial charge in [0.15, 0.2) is 6.61 Å². The Hall–Kier alpha value is -2.52. The minimum Gasteiger partial charge on any atom is -0.467 e. The van der Waals surface area contributed by atoms with Crippen molar-refractivity contribution in [3.63, 3.8) is 0 Å². The van der Waals surface area contributed by atoms with Crippen LogP contribution in [-0.4, -0.2) is 50.1 Å². The highest BCUT2D eigenvalue weighted by molar-refractivity contribution is 5.75. The summed E-state index contributed by atoms with van der Waals surface area (Å²) in [6, 6.07) is 7.91. The number of aromatic nitrogens is 1. The van der Waals surface area contributed by atoms with Crippen molar-refractivity contribution < 1.29 is 22.6 Å². The normalized spacial score (nSPS) is 22.8. The Balaban J connectivity index is 1.47. The summed E-state index contributed by atoms with van der Waals surface area (Å²) >= 11 is 0. The maximum atomic E-state index is 12.6. The Labute approximate surface area is 172 Å². The van der Waals surface area contributed by atoms with E-state index in [0.717, 1.165) is 37.3 Å². The van der Waals surface area contributed by atoms with E-state index in [9.17, 15) is 13.2 Å². The van der Waals surface area contributed by atoms with Gasteiger partial charge in [0.2, 0.25) is 5.88 Å². The Morgan fingerprint density at radius 2 is 2.23 bits per heavy atom. The molecule has 0 aliphatic carbocycles. The molecule has 3 aliphatic heterocycles. The number of anilines is 3. The molecule has 0 amide bonds. The van der Waals surface area contributed by atoms with Crippen molar-refractivity contribution in [2.24, 2.45) is 0 Å². The van der Waals surface area contributed by atoms with Gasteiger partial charge >= 0.3 is 6.18 Å². The number of halogens is 3. The van der Waals surface area contributed by atoms with Crippen molar-refractivity contribution in [3.8, 4) is 5.88 Å². The lowest BCUT2D eigenvalue weighted by atomic mass is 9.89. The maximum Gasteiger partial charge on any atom is 0.422 e. The lowest BCUT2D eigenvalue weighted by molar-refractivity contribution is -0.153. The molecule has 160 valence electrons. The SMILES string of the molecule is FC(F)(F)COc1ncccc1Nc1cc2c3c(c1)[C@@H]1CNCC[C@@H]1N3CCOC2. The largest absolute Gasteiger partial charge is 0.467 e. The van der Waals surface area contributed by atoms with Crippen molar-refractivity contribution in [1.29, 1.82) is 0 Å². The van der Waals surface area contributed by atoms with E-state index in [1.54, 1.807) is 12.1 Å². The van der Waals surface area contributed by atoms with Gasteiger partial charge < -0.3 is 25.0 Å². The molecule has 2 N–H and O–H groups in total. The quantitative estimate of drug-likeness (QED) is 0.789. The first-order valence-corrected chi connectivity index (χ1v) is 10.1. The summed E-state index contributed by atoms with van der Waals surface area (Å²) < 4.78 is 48.5. The van der Waals surface area contributed by atoms with E-state index < -0.39 is 12.8 Å². The Morgan fingerprint density at radius 3 is 3.10 bits per heavy atom. The average Bonchev–Trinajstić information content (AvgIpc) is 2.88. The molecule has 5 rings (SSSR count). The highest BCUT2D eigenvalue weighted by Gasteiger charge is 2.41. The van der Waals surface area contributed by atoms with Crippen LogP contribution in [0.25, 0.3) is 0 Å². The molecule has 30 heavy (non-hydrogen) atoms. The van der Waals surface area contributed by atoms with Crippen LogP contribution in [0.2, 0.25) is 0 Å². The number of ether oxygens (including phenoxy) is 2. The summed E-state index contributed by atoms with van der Waals surface area (Å²) in [6.07, 6.45) is -1.92. The number of hydrogen-bond acceptors (Lipinski definition) is 6. The number of alkyl halides is 3. The van der Waals surface area contributed by atoms with Crippen LogP contribution in [-0.2, 0) is 11.3 Å². The molecule has 1 aromatic heterocycles. The number of nitrogens with one attached hydrogen (secondary N) is 2. The summed E-state index contributed by atoms with van der Waals surface area (Å²) in [4.78, 5) is 6.45. The first kappa shape index (κ1) is 19.4. The van der Waals surface area contributed by atoms with Crippen molar-refractivity contribution in [1.82, 2.24) is 10.3 Å². The Kier molecular flexibility index (Phi) is 4.94. The third kappa shape index (κ3) is 3.67. The third-order valence-electron chi connectivity index (χ3n) is 5.91. The zero-order chi connectivity index (χ0) is 20.7. The monoisotopic (exact) mass is 420 g/mol. The number of rotatable bonds is 4. The molecule has 0 unspecified atom stereocenters. The van der Waals surface area contributed by atoms with E-state index in [1.165, 1.54) is 17.4 Å². The van der Waals surface area contributed by atoms with Crippen LogP contribution in [0, 0.1) is 0 Å². The second-order valence-electron chi connectivity index (χ2n) is 7.87. The highest BCUT2D eigenvalue weighted by atomic mass is 19.4. The second-order valence-corrected chi connectivity index (χ2v) is 7.87. The summed E-state index contributed by atoms with van der Waals surface area (Å²) in [5.74, 6) is 0.318. The fourth-order valence-corrected chi connectivity index (χ4v) is 4.76. The predicted molar refractivity (Wildman–Crippen MR) is 107 cm³/mol. The Bertz CT molecular complexity index is 937. The standard InChI is InChI=1S/C21H23F3N4O2/c22-21(23,24)12-30-20-17(2-1-4-26-20)27-14-8-13-11-29-7-6-28-18-3-5-25-10-16(18)15(9-14)19(13)28/h1-2,4,8-9,16,18,25,27H,3,5-7,10-12H2/t16-,18-/m0/s1.